The van der Waals surface area contributed by atoms with Crippen LogP contribution in [0.1, 0.15) is 28.1 Å². The second-order valence-corrected chi connectivity index (χ2v) is 6.84. The molecule has 1 aromatic heterocycles. The third-order valence-electron chi connectivity index (χ3n) is 3.65. The number of thiophene rings is 1. The summed E-state index contributed by atoms with van der Waals surface area (Å²) >= 11 is 7.59. The molecule has 0 atom stereocenters. The van der Waals surface area contributed by atoms with Crippen molar-refractivity contribution in [2.45, 2.75) is 19.3 Å². The van der Waals surface area contributed by atoms with E-state index < -0.39 is 4.92 Å². The zero-order valence-corrected chi connectivity index (χ0v) is 13.2. The van der Waals surface area contributed by atoms with Crippen molar-refractivity contribution in [3.63, 3.8) is 0 Å². The van der Waals surface area contributed by atoms with Crippen LogP contribution in [-0.2, 0) is 6.42 Å². The summed E-state index contributed by atoms with van der Waals surface area (Å²) in [6.07, 6.45) is 2.88. The lowest BCUT2D eigenvalue weighted by Crippen LogP contribution is -2.31. The van der Waals surface area contributed by atoms with E-state index in [1.54, 1.807) is 4.90 Å². The Balaban J connectivity index is 1.92. The van der Waals surface area contributed by atoms with Gasteiger partial charge >= 0.3 is 0 Å². The third-order valence-corrected chi connectivity index (χ3v) is 4.97. The first-order valence-corrected chi connectivity index (χ1v) is 8.10. The summed E-state index contributed by atoms with van der Waals surface area (Å²) in [6.45, 7) is 0.635. The van der Waals surface area contributed by atoms with Gasteiger partial charge in [-0.15, -0.1) is 11.3 Å². The highest BCUT2D eigenvalue weighted by Crippen LogP contribution is 2.37. The molecule has 22 heavy (non-hydrogen) atoms. The Morgan fingerprint density at radius 3 is 2.68 bits per heavy atom. The minimum atomic E-state index is -0.475. The SMILES string of the molecule is O=C(c1ccc([N+](=O)[O-])cc1)N1CCCCc2sc(Cl)cc21. The lowest BCUT2D eigenvalue weighted by atomic mass is 10.1. The monoisotopic (exact) mass is 336 g/mol. The van der Waals surface area contributed by atoms with Crippen LogP contribution in [0, 0.1) is 10.1 Å². The molecule has 3 rings (SSSR count). The number of carbonyl (C=O) groups excluding carboxylic acids is 1. The van der Waals surface area contributed by atoms with Gasteiger partial charge in [-0.2, -0.15) is 0 Å². The number of hydrogen-bond donors (Lipinski definition) is 0. The fraction of sp³-hybridized carbons (Fsp3) is 0.267. The van der Waals surface area contributed by atoms with Gasteiger partial charge in [-0.3, -0.25) is 14.9 Å². The quantitative estimate of drug-likeness (QED) is 0.607. The van der Waals surface area contributed by atoms with Crippen LogP contribution in [0.5, 0.6) is 0 Å². The molecule has 0 N–H and O–H groups in total. The number of nitrogens with zero attached hydrogens (tertiary/aromatic N) is 2. The molecular weight excluding hydrogens is 324 g/mol. The molecule has 5 nitrogen and oxygen atoms in total. The van der Waals surface area contributed by atoms with E-state index in [2.05, 4.69) is 0 Å². The predicted octanol–water partition coefficient (Wildman–Crippen LogP) is 4.29. The maximum absolute atomic E-state index is 12.7. The average Bonchev–Trinajstić information content (AvgIpc) is 2.76. The summed E-state index contributed by atoms with van der Waals surface area (Å²) in [5.74, 6) is -0.146. The predicted molar refractivity (Wildman–Crippen MR) is 87.0 cm³/mol. The molecule has 0 bridgehead atoms. The molecule has 0 unspecified atom stereocenters. The highest BCUT2D eigenvalue weighted by Gasteiger charge is 2.24. The molecule has 0 aliphatic carbocycles. The number of rotatable bonds is 2. The zero-order chi connectivity index (χ0) is 15.7. The molecule has 0 radical (unpaired) electrons. The van der Waals surface area contributed by atoms with Crippen molar-refractivity contribution in [3.05, 3.63) is 55.2 Å². The minimum Gasteiger partial charge on any atom is -0.307 e. The van der Waals surface area contributed by atoms with Crippen LogP contribution in [0.4, 0.5) is 11.4 Å². The first-order chi connectivity index (χ1) is 10.6. The number of nitro benzene ring substituents is 1. The number of aryl methyl sites for hydroxylation is 1. The second-order valence-electron chi connectivity index (χ2n) is 5.08. The maximum atomic E-state index is 12.7. The fourth-order valence-electron chi connectivity index (χ4n) is 2.56. The van der Waals surface area contributed by atoms with Crippen molar-refractivity contribution in [1.29, 1.82) is 0 Å². The molecule has 2 heterocycles. The van der Waals surface area contributed by atoms with E-state index >= 15 is 0 Å². The summed E-state index contributed by atoms with van der Waals surface area (Å²) in [6, 6.07) is 7.54. The Hall–Kier alpha value is -1.92. The molecule has 0 spiro atoms. The van der Waals surface area contributed by atoms with Gasteiger partial charge < -0.3 is 4.90 Å². The Kier molecular flexibility index (Phi) is 4.13. The summed E-state index contributed by atoms with van der Waals surface area (Å²) in [5, 5.41) is 10.7. The van der Waals surface area contributed by atoms with Crippen molar-refractivity contribution >= 4 is 40.2 Å². The first-order valence-electron chi connectivity index (χ1n) is 6.91. The number of anilines is 1. The van der Waals surface area contributed by atoms with Crippen molar-refractivity contribution in [2.75, 3.05) is 11.4 Å². The Morgan fingerprint density at radius 1 is 1.27 bits per heavy atom. The van der Waals surface area contributed by atoms with Crippen LogP contribution in [-0.4, -0.2) is 17.4 Å². The first kappa shape index (κ1) is 15.0. The van der Waals surface area contributed by atoms with E-state index in [0.29, 0.717) is 16.4 Å². The number of halogens is 1. The van der Waals surface area contributed by atoms with Gasteiger partial charge in [-0.1, -0.05) is 11.6 Å². The molecule has 0 saturated carbocycles. The fourth-order valence-corrected chi connectivity index (χ4v) is 3.87. The molecule has 1 aliphatic rings. The number of non-ortho nitro benzene ring substituents is 1. The third kappa shape index (κ3) is 2.84. The van der Waals surface area contributed by atoms with Gasteiger partial charge in [-0.25, -0.2) is 0 Å². The van der Waals surface area contributed by atoms with Crippen LogP contribution in [0.15, 0.2) is 30.3 Å². The van der Waals surface area contributed by atoms with Crippen LogP contribution < -0.4 is 4.90 Å². The largest absolute Gasteiger partial charge is 0.307 e. The van der Waals surface area contributed by atoms with Crippen LogP contribution in [0.2, 0.25) is 4.34 Å². The Bertz CT molecular complexity index is 727. The van der Waals surface area contributed by atoms with Crippen LogP contribution >= 0.6 is 22.9 Å². The second kappa shape index (κ2) is 6.06. The molecule has 1 amide bonds. The smallest absolute Gasteiger partial charge is 0.269 e. The number of fused-ring (bicyclic) bond motifs is 1. The molecule has 1 aromatic carbocycles. The Morgan fingerprint density at radius 2 is 2.00 bits per heavy atom. The van der Waals surface area contributed by atoms with Crippen molar-refractivity contribution in [3.8, 4) is 0 Å². The number of benzene rings is 1. The molecule has 2 aromatic rings. The van der Waals surface area contributed by atoms with Gasteiger partial charge in [0.2, 0.25) is 0 Å². The number of carbonyl (C=O) groups is 1. The van der Waals surface area contributed by atoms with Crippen LogP contribution in [0.3, 0.4) is 0 Å². The summed E-state index contributed by atoms with van der Waals surface area (Å²) < 4.78 is 0.674. The van der Waals surface area contributed by atoms with Crippen molar-refractivity contribution in [2.24, 2.45) is 0 Å². The van der Waals surface area contributed by atoms with Gasteiger partial charge in [0.1, 0.15) is 0 Å². The highest BCUT2D eigenvalue weighted by molar-refractivity contribution is 7.16. The standard InChI is InChI=1S/C15H13ClN2O3S/c16-14-9-12-13(22-14)3-1-2-8-17(12)15(19)10-4-6-11(7-5-10)18(20)21/h4-7,9H,1-3,8H2. The summed E-state index contributed by atoms with van der Waals surface area (Å²) in [4.78, 5) is 25.8. The van der Waals surface area contributed by atoms with Crippen LogP contribution in [0.25, 0.3) is 0 Å². The van der Waals surface area contributed by atoms with E-state index in [0.717, 1.165) is 29.8 Å². The molecule has 0 saturated heterocycles. The lowest BCUT2D eigenvalue weighted by molar-refractivity contribution is -0.384. The number of nitro groups is 1. The lowest BCUT2D eigenvalue weighted by Gasteiger charge is -2.21. The van der Waals surface area contributed by atoms with E-state index in [-0.39, 0.29) is 11.6 Å². The normalized spacial score (nSPS) is 14.3. The zero-order valence-electron chi connectivity index (χ0n) is 11.6. The molecular formula is C15H13ClN2O3S. The van der Waals surface area contributed by atoms with Crippen molar-refractivity contribution in [1.82, 2.24) is 0 Å². The van der Waals surface area contributed by atoms with Gasteiger partial charge in [0.25, 0.3) is 11.6 Å². The van der Waals surface area contributed by atoms with Gasteiger partial charge in [0, 0.05) is 29.1 Å². The number of hydrogen-bond acceptors (Lipinski definition) is 4. The summed E-state index contributed by atoms with van der Waals surface area (Å²) in [5.41, 5.74) is 1.29. The molecule has 7 heteroatoms. The summed E-state index contributed by atoms with van der Waals surface area (Å²) in [7, 11) is 0. The van der Waals surface area contributed by atoms with E-state index in [1.807, 2.05) is 6.07 Å². The van der Waals surface area contributed by atoms with Crippen molar-refractivity contribution < 1.29 is 9.72 Å². The minimum absolute atomic E-state index is 0.0216. The maximum Gasteiger partial charge on any atom is 0.269 e. The van der Waals surface area contributed by atoms with Gasteiger partial charge in [-0.05, 0) is 37.5 Å². The molecule has 0 fully saturated rings. The molecule has 114 valence electrons. The number of amides is 1. The van der Waals surface area contributed by atoms with Gasteiger partial charge in [0.05, 0.1) is 14.9 Å². The Labute approximate surface area is 136 Å². The molecule has 1 aliphatic heterocycles. The van der Waals surface area contributed by atoms with Gasteiger partial charge in [0.15, 0.2) is 0 Å². The topological polar surface area (TPSA) is 63.4 Å². The average molecular weight is 337 g/mol. The van der Waals surface area contributed by atoms with E-state index in [1.165, 1.54) is 35.6 Å². The van der Waals surface area contributed by atoms with E-state index in [9.17, 15) is 14.9 Å². The highest BCUT2D eigenvalue weighted by atomic mass is 35.5. The van der Waals surface area contributed by atoms with E-state index in [4.69, 9.17) is 11.6 Å².